The van der Waals surface area contributed by atoms with Crippen LogP contribution in [0, 0.1) is 0 Å². The highest BCUT2D eigenvalue weighted by atomic mass is 16.5. The normalized spacial score (nSPS) is 30.5. The van der Waals surface area contributed by atoms with Gasteiger partial charge in [0, 0.05) is 44.8 Å². The first-order chi connectivity index (χ1) is 14.6. The van der Waals surface area contributed by atoms with Crippen LogP contribution in [0.15, 0.2) is 0 Å². The Bertz CT molecular complexity index is 584. The number of aliphatic hydroxyl groups is 1. The topological polar surface area (TPSA) is 85.3 Å². The summed E-state index contributed by atoms with van der Waals surface area (Å²) in [6, 6.07) is 0.324. The average molecular weight is 423 g/mol. The maximum Gasteiger partial charge on any atom is 0.237 e. The van der Waals surface area contributed by atoms with E-state index in [0.29, 0.717) is 38.8 Å². The number of carbonyl (C=O) groups excluding carboxylic acids is 2. The molecular formula is C22H38N4O4. The molecule has 1 aliphatic carbocycles. The summed E-state index contributed by atoms with van der Waals surface area (Å²) in [5, 5.41) is 13.5. The number of morpholine rings is 1. The Morgan fingerprint density at radius 3 is 2.37 bits per heavy atom. The van der Waals surface area contributed by atoms with E-state index in [4.69, 9.17) is 4.74 Å². The van der Waals surface area contributed by atoms with E-state index in [9.17, 15) is 14.7 Å². The second kappa shape index (κ2) is 10.4. The summed E-state index contributed by atoms with van der Waals surface area (Å²) in [7, 11) is 0. The van der Waals surface area contributed by atoms with Gasteiger partial charge in [0.05, 0.1) is 31.9 Å². The third kappa shape index (κ3) is 5.52. The van der Waals surface area contributed by atoms with Crippen LogP contribution in [0.3, 0.4) is 0 Å². The molecule has 0 radical (unpaired) electrons. The van der Waals surface area contributed by atoms with Crippen LogP contribution in [0.2, 0.25) is 0 Å². The number of aliphatic hydroxyl groups excluding tert-OH is 1. The van der Waals surface area contributed by atoms with Crippen molar-refractivity contribution in [2.24, 2.45) is 0 Å². The van der Waals surface area contributed by atoms with Gasteiger partial charge in [-0.15, -0.1) is 0 Å². The molecule has 0 spiro atoms. The number of nitrogens with zero attached hydrogens (tertiary/aromatic N) is 3. The van der Waals surface area contributed by atoms with Crippen LogP contribution in [0.4, 0.5) is 0 Å². The number of β-amino-alcohol motifs (C(OH)–C–C–N with tert-alkyl or cyclic N) is 1. The first-order valence-corrected chi connectivity index (χ1v) is 11.9. The predicted molar refractivity (Wildman–Crippen MR) is 113 cm³/mol. The molecule has 3 heterocycles. The highest BCUT2D eigenvalue weighted by Crippen LogP contribution is 2.27. The quantitative estimate of drug-likeness (QED) is 0.658. The Balaban J connectivity index is 1.26. The number of amides is 2. The fourth-order valence-corrected chi connectivity index (χ4v) is 5.54. The molecule has 8 nitrogen and oxygen atoms in total. The molecule has 0 aromatic heterocycles. The molecule has 0 bridgehead atoms. The minimum atomic E-state index is -0.437. The molecule has 30 heavy (non-hydrogen) atoms. The summed E-state index contributed by atoms with van der Waals surface area (Å²) in [6.07, 6.45) is 7.63. The Labute approximate surface area is 179 Å². The van der Waals surface area contributed by atoms with Crippen LogP contribution >= 0.6 is 0 Å². The van der Waals surface area contributed by atoms with E-state index in [-0.39, 0.29) is 23.9 Å². The summed E-state index contributed by atoms with van der Waals surface area (Å²) in [6.45, 7) is 5.57. The summed E-state index contributed by atoms with van der Waals surface area (Å²) < 4.78 is 5.36. The van der Waals surface area contributed by atoms with Crippen molar-refractivity contribution in [2.45, 2.75) is 75.6 Å². The molecule has 2 amide bonds. The van der Waals surface area contributed by atoms with Gasteiger partial charge in [0.1, 0.15) is 0 Å². The van der Waals surface area contributed by atoms with Gasteiger partial charge >= 0.3 is 0 Å². The van der Waals surface area contributed by atoms with E-state index in [1.54, 1.807) is 0 Å². The van der Waals surface area contributed by atoms with Crippen LogP contribution in [0.5, 0.6) is 0 Å². The monoisotopic (exact) mass is 422 g/mol. The van der Waals surface area contributed by atoms with Crippen molar-refractivity contribution in [1.82, 2.24) is 20.0 Å². The molecule has 3 saturated heterocycles. The Morgan fingerprint density at radius 2 is 1.67 bits per heavy atom. The van der Waals surface area contributed by atoms with Gasteiger partial charge in [0.25, 0.3) is 0 Å². The third-order valence-corrected chi connectivity index (χ3v) is 7.32. The number of carbonyl (C=O) groups is 2. The summed E-state index contributed by atoms with van der Waals surface area (Å²) in [5.41, 5.74) is 0. The molecular weight excluding hydrogens is 384 g/mol. The van der Waals surface area contributed by atoms with E-state index in [1.165, 1.54) is 19.3 Å². The summed E-state index contributed by atoms with van der Waals surface area (Å²) in [5.74, 6) is 0.285. The maximum atomic E-state index is 13.0. The van der Waals surface area contributed by atoms with E-state index >= 15 is 0 Å². The summed E-state index contributed by atoms with van der Waals surface area (Å²) >= 11 is 0. The SMILES string of the molecule is O=C(NC1CCCCC1)[C@@H]1C[C@@H](O)CN1C1CCN(C(=O)CN2CCOCC2)CC1. The van der Waals surface area contributed by atoms with Crippen molar-refractivity contribution >= 4 is 11.8 Å². The van der Waals surface area contributed by atoms with Crippen LogP contribution in [0.25, 0.3) is 0 Å². The van der Waals surface area contributed by atoms with Gasteiger partial charge in [0.15, 0.2) is 0 Å². The smallest absolute Gasteiger partial charge is 0.237 e. The zero-order chi connectivity index (χ0) is 20.9. The van der Waals surface area contributed by atoms with Gasteiger partial charge in [-0.2, -0.15) is 0 Å². The largest absolute Gasteiger partial charge is 0.392 e. The molecule has 0 aromatic rings. The first kappa shape index (κ1) is 22.0. The summed E-state index contributed by atoms with van der Waals surface area (Å²) in [4.78, 5) is 32.0. The minimum absolute atomic E-state index is 0.0873. The van der Waals surface area contributed by atoms with Crippen LogP contribution < -0.4 is 5.32 Å². The van der Waals surface area contributed by atoms with Crippen molar-refractivity contribution in [3.05, 3.63) is 0 Å². The molecule has 8 heteroatoms. The lowest BCUT2D eigenvalue weighted by molar-refractivity contribution is -0.136. The Hall–Kier alpha value is -1.22. The van der Waals surface area contributed by atoms with E-state index in [2.05, 4.69) is 15.1 Å². The number of hydrogen-bond donors (Lipinski definition) is 2. The van der Waals surface area contributed by atoms with Crippen molar-refractivity contribution in [1.29, 1.82) is 0 Å². The highest BCUT2D eigenvalue weighted by molar-refractivity contribution is 5.82. The lowest BCUT2D eigenvalue weighted by atomic mass is 9.95. The third-order valence-electron chi connectivity index (χ3n) is 7.32. The standard InChI is InChI=1S/C22H38N4O4/c27-19-14-20(22(29)23-17-4-2-1-3-5-17)26(15-19)18-6-8-25(9-7-18)21(28)16-24-10-12-30-13-11-24/h17-20,27H,1-16H2,(H,23,29)/t19-,20+/m1/s1. The Kier molecular flexibility index (Phi) is 7.62. The number of hydrogen-bond acceptors (Lipinski definition) is 6. The van der Waals surface area contributed by atoms with Gasteiger partial charge in [-0.05, 0) is 32.1 Å². The fourth-order valence-electron chi connectivity index (χ4n) is 5.54. The number of ether oxygens (including phenoxy) is 1. The van der Waals surface area contributed by atoms with E-state index in [1.807, 2.05) is 4.90 Å². The molecule has 0 aromatic carbocycles. The molecule has 2 atom stereocenters. The molecule has 4 fully saturated rings. The lowest BCUT2D eigenvalue weighted by Gasteiger charge is -2.40. The predicted octanol–water partition coefficient (Wildman–Crippen LogP) is 0.194. The zero-order valence-corrected chi connectivity index (χ0v) is 18.1. The lowest BCUT2D eigenvalue weighted by Crippen LogP contribution is -2.54. The average Bonchev–Trinajstić information content (AvgIpc) is 3.17. The molecule has 4 aliphatic rings. The molecule has 0 unspecified atom stereocenters. The molecule has 3 aliphatic heterocycles. The Morgan fingerprint density at radius 1 is 0.967 bits per heavy atom. The van der Waals surface area contributed by atoms with Gasteiger partial charge in [0.2, 0.25) is 11.8 Å². The number of rotatable bonds is 5. The minimum Gasteiger partial charge on any atom is -0.392 e. The van der Waals surface area contributed by atoms with E-state index in [0.717, 1.165) is 51.9 Å². The van der Waals surface area contributed by atoms with E-state index < -0.39 is 6.10 Å². The van der Waals surface area contributed by atoms with Crippen LogP contribution in [-0.2, 0) is 14.3 Å². The molecule has 1 saturated carbocycles. The maximum absolute atomic E-state index is 13.0. The fraction of sp³-hybridized carbons (Fsp3) is 0.909. The van der Waals surface area contributed by atoms with Crippen molar-refractivity contribution < 1.29 is 19.4 Å². The number of piperidine rings is 1. The van der Waals surface area contributed by atoms with Crippen LogP contribution in [0.1, 0.15) is 51.4 Å². The van der Waals surface area contributed by atoms with Crippen molar-refractivity contribution in [3.8, 4) is 0 Å². The molecule has 4 rings (SSSR count). The highest BCUT2D eigenvalue weighted by Gasteiger charge is 2.41. The number of likely N-dealkylation sites (tertiary alicyclic amines) is 2. The number of nitrogens with one attached hydrogen (secondary N) is 1. The van der Waals surface area contributed by atoms with Gasteiger partial charge < -0.3 is 20.1 Å². The molecule has 2 N–H and O–H groups in total. The first-order valence-electron chi connectivity index (χ1n) is 11.9. The van der Waals surface area contributed by atoms with Crippen LogP contribution in [-0.4, -0.2) is 108 Å². The van der Waals surface area contributed by atoms with Crippen molar-refractivity contribution in [3.63, 3.8) is 0 Å². The second-order valence-corrected chi connectivity index (χ2v) is 9.45. The zero-order valence-electron chi connectivity index (χ0n) is 18.1. The van der Waals surface area contributed by atoms with Gasteiger partial charge in [-0.1, -0.05) is 19.3 Å². The molecule has 170 valence electrons. The second-order valence-electron chi connectivity index (χ2n) is 9.45. The van der Waals surface area contributed by atoms with Crippen molar-refractivity contribution in [2.75, 3.05) is 52.5 Å². The van der Waals surface area contributed by atoms with Gasteiger partial charge in [-0.25, -0.2) is 0 Å². The van der Waals surface area contributed by atoms with Gasteiger partial charge in [-0.3, -0.25) is 19.4 Å².